The lowest BCUT2D eigenvalue weighted by Gasteiger charge is -2.22. The molecule has 0 spiro atoms. The van der Waals surface area contributed by atoms with Crippen molar-refractivity contribution in [2.45, 2.75) is 26.2 Å². The van der Waals surface area contributed by atoms with Crippen LogP contribution in [0.1, 0.15) is 24.8 Å². The molecular formula is C16H25ClN2O3. The van der Waals surface area contributed by atoms with Gasteiger partial charge in [-0.25, -0.2) is 0 Å². The first-order chi connectivity index (χ1) is 10.2. The van der Waals surface area contributed by atoms with Crippen LogP contribution in [0.25, 0.3) is 0 Å². The van der Waals surface area contributed by atoms with Crippen LogP contribution in [0, 0.1) is 12.8 Å². The summed E-state index contributed by atoms with van der Waals surface area (Å²) in [4.78, 5) is 11.6. The third kappa shape index (κ3) is 5.83. The topological polar surface area (TPSA) is 73.6 Å². The van der Waals surface area contributed by atoms with E-state index in [1.807, 2.05) is 25.1 Å². The zero-order chi connectivity index (χ0) is 15.1. The lowest BCUT2D eigenvalue weighted by molar-refractivity contribution is -0.116. The Kier molecular flexibility index (Phi) is 8.24. The van der Waals surface area contributed by atoms with Gasteiger partial charge in [0.05, 0.1) is 6.61 Å². The maximum atomic E-state index is 11.6. The van der Waals surface area contributed by atoms with Crippen LogP contribution in [0.3, 0.4) is 0 Å². The summed E-state index contributed by atoms with van der Waals surface area (Å²) < 4.78 is 11.3. The van der Waals surface area contributed by atoms with Crippen LogP contribution in [0.15, 0.2) is 18.2 Å². The Balaban J connectivity index is 0.00000242. The summed E-state index contributed by atoms with van der Waals surface area (Å²) in [5.74, 6) is 1.30. The molecule has 22 heavy (non-hydrogen) atoms. The number of nitrogens with one attached hydrogen (secondary N) is 1. The highest BCUT2D eigenvalue weighted by atomic mass is 35.5. The van der Waals surface area contributed by atoms with Crippen molar-refractivity contribution in [1.82, 2.24) is 0 Å². The first-order valence-electron chi connectivity index (χ1n) is 7.50. The van der Waals surface area contributed by atoms with E-state index in [4.69, 9.17) is 15.2 Å². The molecule has 0 aliphatic carbocycles. The Labute approximate surface area is 138 Å². The Morgan fingerprint density at radius 2 is 2.14 bits per heavy atom. The highest BCUT2D eigenvalue weighted by Crippen LogP contribution is 2.24. The number of ether oxygens (including phenoxy) is 2. The Bertz CT molecular complexity index is 476. The van der Waals surface area contributed by atoms with Gasteiger partial charge in [-0.2, -0.15) is 0 Å². The summed E-state index contributed by atoms with van der Waals surface area (Å²) in [6.45, 7) is 4.70. The molecule has 0 atom stereocenters. The fourth-order valence-electron chi connectivity index (χ4n) is 2.31. The summed E-state index contributed by atoms with van der Waals surface area (Å²) >= 11 is 0. The van der Waals surface area contributed by atoms with Crippen LogP contribution in [-0.2, 0) is 9.53 Å². The van der Waals surface area contributed by atoms with Gasteiger partial charge in [-0.3, -0.25) is 4.79 Å². The molecule has 6 heteroatoms. The highest BCUT2D eigenvalue weighted by Gasteiger charge is 2.15. The minimum atomic E-state index is -0.0725. The molecule has 1 amide bonds. The molecule has 1 saturated heterocycles. The number of benzene rings is 1. The molecule has 1 aliphatic heterocycles. The molecule has 1 heterocycles. The van der Waals surface area contributed by atoms with Gasteiger partial charge in [0.2, 0.25) is 5.91 Å². The van der Waals surface area contributed by atoms with Crippen LogP contribution in [0.4, 0.5) is 5.69 Å². The number of aryl methyl sites for hydroxylation is 1. The predicted molar refractivity (Wildman–Crippen MR) is 89.8 cm³/mol. The molecule has 0 saturated carbocycles. The average molecular weight is 329 g/mol. The Morgan fingerprint density at radius 3 is 2.82 bits per heavy atom. The van der Waals surface area contributed by atoms with Crippen LogP contribution in [0.2, 0.25) is 0 Å². The van der Waals surface area contributed by atoms with E-state index in [0.29, 0.717) is 25.5 Å². The van der Waals surface area contributed by atoms with Gasteiger partial charge >= 0.3 is 0 Å². The van der Waals surface area contributed by atoms with Gasteiger partial charge in [0.25, 0.3) is 0 Å². The second-order valence-electron chi connectivity index (χ2n) is 5.43. The smallest absolute Gasteiger partial charge is 0.225 e. The third-order valence-electron chi connectivity index (χ3n) is 3.66. The Morgan fingerprint density at radius 1 is 1.41 bits per heavy atom. The normalized spacial score (nSPS) is 15.0. The van der Waals surface area contributed by atoms with Crippen molar-refractivity contribution in [2.75, 3.05) is 31.7 Å². The van der Waals surface area contributed by atoms with Crippen LogP contribution < -0.4 is 15.8 Å². The maximum absolute atomic E-state index is 11.6. The molecule has 5 nitrogen and oxygen atoms in total. The van der Waals surface area contributed by atoms with Gasteiger partial charge in [-0.05, 0) is 37.3 Å². The molecule has 1 aromatic carbocycles. The van der Waals surface area contributed by atoms with E-state index in [1.54, 1.807) is 0 Å². The van der Waals surface area contributed by atoms with Gasteiger partial charge in [-0.1, -0.05) is 6.07 Å². The number of halogens is 1. The SMILES string of the molecule is Cc1ccc(NC(=O)CCN)cc1OCC1CCOCC1.Cl. The quantitative estimate of drug-likeness (QED) is 0.841. The molecule has 1 fully saturated rings. The largest absolute Gasteiger partial charge is 0.493 e. The molecule has 0 unspecified atom stereocenters. The van der Waals surface area contributed by atoms with Crippen molar-refractivity contribution in [3.8, 4) is 5.75 Å². The van der Waals surface area contributed by atoms with E-state index < -0.39 is 0 Å². The second kappa shape index (κ2) is 9.66. The van der Waals surface area contributed by atoms with Crippen LogP contribution in [-0.4, -0.2) is 32.3 Å². The third-order valence-corrected chi connectivity index (χ3v) is 3.66. The first kappa shape index (κ1) is 18.7. The lowest BCUT2D eigenvalue weighted by atomic mass is 10.0. The average Bonchev–Trinajstić information content (AvgIpc) is 2.49. The monoisotopic (exact) mass is 328 g/mol. The van der Waals surface area contributed by atoms with Crippen molar-refractivity contribution in [1.29, 1.82) is 0 Å². The molecule has 1 aromatic rings. The number of nitrogens with two attached hydrogens (primary N) is 1. The molecular weight excluding hydrogens is 304 g/mol. The fourth-order valence-corrected chi connectivity index (χ4v) is 2.31. The maximum Gasteiger partial charge on any atom is 0.225 e. The number of carbonyl (C=O) groups is 1. The zero-order valence-electron chi connectivity index (χ0n) is 13.0. The van der Waals surface area contributed by atoms with Crippen molar-refractivity contribution >= 4 is 24.0 Å². The summed E-state index contributed by atoms with van der Waals surface area (Å²) in [7, 11) is 0. The van der Waals surface area contributed by atoms with Gasteiger partial charge in [-0.15, -0.1) is 12.4 Å². The molecule has 0 aromatic heterocycles. The van der Waals surface area contributed by atoms with E-state index in [-0.39, 0.29) is 18.3 Å². The van der Waals surface area contributed by atoms with Crippen molar-refractivity contribution < 1.29 is 14.3 Å². The predicted octanol–water partition coefficient (Wildman–Crippen LogP) is 2.51. The molecule has 0 radical (unpaired) electrons. The molecule has 1 aliphatic rings. The van der Waals surface area contributed by atoms with Crippen LogP contribution >= 0.6 is 12.4 Å². The standard InChI is InChI=1S/C16H24N2O3.ClH/c1-12-2-3-14(18-16(19)4-7-17)10-15(12)21-11-13-5-8-20-9-6-13;/h2-3,10,13H,4-9,11,17H2,1H3,(H,18,19);1H. The molecule has 0 bridgehead atoms. The van der Waals surface area contributed by atoms with Crippen molar-refractivity contribution in [3.05, 3.63) is 23.8 Å². The van der Waals surface area contributed by atoms with Crippen LogP contribution in [0.5, 0.6) is 5.75 Å². The lowest BCUT2D eigenvalue weighted by Crippen LogP contribution is -2.21. The Hall–Kier alpha value is -1.30. The highest BCUT2D eigenvalue weighted by molar-refractivity contribution is 5.91. The van der Waals surface area contributed by atoms with Gasteiger partial charge in [0, 0.05) is 37.9 Å². The van der Waals surface area contributed by atoms with Crippen molar-refractivity contribution in [3.63, 3.8) is 0 Å². The van der Waals surface area contributed by atoms with E-state index in [2.05, 4.69) is 5.32 Å². The molecule has 3 N–H and O–H groups in total. The van der Waals surface area contributed by atoms with E-state index in [1.165, 1.54) is 0 Å². The van der Waals surface area contributed by atoms with E-state index >= 15 is 0 Å². The summed E-state index contributed by atoms with van der Waals surface area (Å²) in [6, 6.07) is 5.71. The van der Waals surface area contributed by atoms with Gasteiger partial charge in [0.15, 0.2) is 0 Å². The number of amides is 1. The van der Waals surface area contributed by atoms with E-state index in [9.17, 15) is 4.79 Å². The number of anilines is 1. The molecule has 2 rings (SSSR count). The number of hydrogen-bond donors (Lipinski definition) is 2. The van der Waals surface area contributed by atoms with Gasteiger partial charge in [0.1, 0.15) is 5.75 Å². The van der Waals surface area contributed by atoms with E-state index in [0.717, 1.165) is 43.1 Å². The fraction of sp³-hybridized carbons (Fsp3) is 0.562. The number of rotatable bonds is 6. The molecule has 124 valence electrons. The minimum Gasteiger partial charge on any atom is -0.493 e. The number of carbonyl (C=O) groups excluding carboxylic acids is 1. The summed E-state index contributed by atoms with van der Waals surface area (Å²) in [5.41, 5.74) is 7.19. The minimum absolute atomic E-state index is 0. The number of hydrogen-bond acceptors (Lipinski definition) is 4. The summed E-state index contributed by atoms with van der Waals surface area (Å²) in [6.07, 6.45) is 2.42. The van der Waals surface area contributed by atoms with Gasteiger partial charge < -0.3 is 20.5 Å². The second-order valence-corrected chi connectivity index (χ2v) is 5.43. The zero-order valence-corrected chi connectivity index (χ0v) is 13.8. The van der Waals surface area contributed by atoms with Crippen molar-refractivity contribution in [2.24, 2.45) is 11.7 Å². The first-order valence-corrected chi connectivity index (χ1v) is 7.50. The summed E-state index contributed by atoms with van der Waals surface area (Å²) in [5, 5.41) is 2.83.